The van der Waals surface area contributed by atoms with E-state index in [1.165, 1.54) is 36.4 Å². The molecule has 0 spiro atoms. The molecule has 117 valence electrons. The van der Waals surface area contributed by atoms with Gasteiger partial charge < -0.3 is 21.5 Å². The van der Waals surface area contributed by atoms with Crippen molar-refractivity contribution in [2.45, 2.75) is 0 Å². The molecule has 3 N–H and O–H groups in total. The summed E-state index contributed by atoms with van der Waals surface area (Å²) in [6.07, 6.45) is 0. The van der Waals surface area contributed by atoms with Crippen LogP contribution in [0.15, 0.2) is 91.0 Å². The molecule has 3 aromatic rings. The number of hydrogen-bond donors (Lipinski definition) is 1. The zero-order chi connectivity index (χ0) is 15.3. The van der Waals surface area contributed by atoms with E-state index in [-0.39, 0.29) is 49.2 Å². The van der Waals surface area contributed by atoms with Gasteiger partial charge in [0.15, 0.2) is 0 Å². The third-order valence-corrected chi connectivity index (χ3v) is 2.23. The van der Waals surface area contributed by atoms with Gasteiger partial charge in [-0.05, 0) is 0 Å². The molecule has 0 aliphatic carbocycles. The van der Waals surface area contributed by atoms with Gasteiger partial charge in [0.2, 0.25) is 0 Å². The van der Waals surface area contributed by atoms with Crippen LogP contribution in [0.25, 0.3) is 0 Å². The maximum atomic E-state index is 10.3. The fraction of sp³-hybridized carbons (Fsp3) is 0. The quantitative estimate of drug-likeness (QED) is 0.505. The van der Waals surface area contributed by atoms with E-state index in [1.54, 1.807) is 36.4 Å². The molecule has 0 unspecified atom stereocenters. The van der Waals surface area contributed by atoms with Crippen LogP contribution in [0.3, 0.4) is 0 Å². The van der Waals surface area contributed by atoms with Crippen molar-refractivity contribution < 1.29 is 41.2 Å². The maximum Gasteiger partial charge on any atom is 3.00 e. The standard InChI is InChI=1S/3C6H6O.Hf.H3N/c3*7-6-4-2-1-3-5-6;;/h3*1-5,7H;;1H3/q;;;+3;/p-3. The van der Waals surface area contributed by atoms with E-state index in [4.69, 9.17) is 0 Å². The van der Waals surface area contributed by atoms with Crippen LogP contribution in [0.5, 0.6) is 17.2 Å². The molecular weight excluding hydrogens is 457 g/mol. The van der Waals surface area contributed by atoms with E-state index in [1.807, 2.05) is 18.2 Å². The fourth-order valence-electron chi connectivity index (χ4n) is 1.26. The predicted molar refractivity (Wildman–Crippen MR) is 82.7 cm³/mol. The van der Waals surface area contributed by atoms with Gasteiger partial charge in [0, 0.05) is 0 Å². The predicted octanol–water partition coefficient (Wildman–Crippen LogP) is 2.44. The summed E-state index contributed by atoms with van der Waals surface area (Å²) in [5.74, 6) is 0.215. The van der Waals surface area contributed by atoms with Crippen LogP contribution < -0.4 is 21.5 Å². The van der Waals surface area contributed by atoms with Gasteiger partial charge in [-0.15, -0.1) is 17.2 Å². The Morgan fingerprint density at radius 1 is 0.391 bits per heavy atom. The average molecular weight is 475 g/mol. The van der Waals surface area contributed by atoms with Crippen LogP contribution in [0.2, 0.25) is 0 Å². The van der Waals surface area contributed by atoms with Crippen molar-refractivity contribution in [1.29, 1.82) is 0 Å². The molecule has 0 bridgehead atoms. The van der Waals surface area contributed by atoms with Crippen molar-refractivity contribution in [2.75, 3.05) is 0 Å². The van der Waals surface area contributed by atoms with Gasteiger partial charge in [-0.3, -0.25) is 0 Å². The molecule has 3 rings (SSSR count). The van der Waals surface area contributed by atoms with E-state index in [0.717, 1.165) is 0 Å². The van der Waals surface area contributed by atoms with E-state index < -0.39 is 0 Å². The molecule has 0 heterocycles. The smallest absolute Gasteiger partial charge is 0.872 e. The van der Waals surface area contributed by atoms with Gasteiger partial charge in [-0.2, -0.15) is 0 Å². The Morgan fingerprint density at radius 2 is 0.565 bits per heavy atom. The molecule has 5 heteroatoms. The van der Waals surface area contributed by atoms with Crippen LogP contribution in [0, 0.1) is 0 Å². The zero-order valence-corrected chi connectivity index (χ0v) is 16.2. The van der Waals surface area contributed by atoms with Gasteiger partial charge in [-0.1, -0.05) is 91.0 Å². The minimum absolute atomic E-state index is 0. The Labute approximate surface area is 155 Å². The molecule has 0 aliphatic rings. The summed E-state index contributed by atoms with van der Waals surface area (Å²) in [5.41, 5.74) is 0. The minimum Gasteiger partial charge on any atom is -0.872 e. The molecule has 0 aromatic heterocycles. The third-order valence-electron chi connectivity index (χ3n) is 2.23. The monoisotopic (exact) mass is 476 g/mol. The minimum atomic E-state index is 0. The largest absolute Gasteiger partial charge is 3.00 e. The first-order valence-electron chi connectivity index (χ1n) is 6.34. The Kier molecular flexibility index (Phi) is 14.9. The van der Waals surface area contributed by atoms with Crippen molar-refractivity contribution in [3.8, 4) is 17.2 Å². The fourth-order valence-corrected chi connectivity index (χ4v) is 1.26. The molecule has 23 heavy (non-hydrogen) atoms. The van der Waals surface area contributed by atoms with E-state index >= 15 is 0 Å². The van der Waals surface area contributed by atoms with Crippen molar-refractivity contribution in [2.24, 2.45) is 0 Å². The average Bonchev–Trinajstić information content (AvgIpc) is 2.51. The van der Waals surface area contributed by atoms with Crippen LogP contribution in [-0.4, -0.2) is 0 Å². The molecule has 3 aromatic carbocycles. The number of para-hydroxylation sites is 3. The number of hydrogen-bond acceptors (Lipinski definition) is 4. The van der Waals surface area contributed by atoms with Gasteiger partial charge >= 0.3 is 25.8 Å². The first-order chi connectivity index (χ1) is 10.2. The summed E-state index contributed by atoms with van der Waals surface area (Å²) in [5, 5.41) is 30.8. The molecule has 0 amide bonds. The van der Waals surface area contributed by atoms with Crippen LogP contribution in [-0.2, 0) is 25.8 Å². The summed E-state index contributed by atoms with van der Waals surface area (Å²) >= 11 is 0. The van der Waals surface area contributed by atoms with E-state index in [2.05, 4.69) is 0 Å². The Bertz CT molecular complexity index is 503. The molecule has 0 atom stereocenters. The second-order valence-electron chi connectivity index (χ2n) is 3.94. The molecular formula is C18H18HfNO3. The molecule has 0 fully saturated rings. The Morgan fingerprint density at radius 3 is 0.652 bits per heavy atom. The summed E-state index contributed by atoms with van der Waals surface area (Å²) in [6, 6.07) is 25.0. The molecule has 0 saturated carbocycles. The first-order valence-corrected chi connectivity index (χ1v) is 6.34. The normalized spacial score (nSPS) is 7.83. The third kappa shape index (κ3) is 13.3. The second-order valence-corrected chi connectivity index (χ2v) is 3.94. The molecule has 0 aliphatic heterocycles. The molecule has 1 radical (unpaired) electrons. The van der Waals surface area contributed by atoms with Crippen LogP contribution in [0.1, 0.15) is 0 Å². The summed E-state index contributed by atoms with van der Waals surface area (Å²) in [4.78, 5) is 0. The maximum absolute atomic E-state index is 10.3. The zero-order valence-electron chi connectivity index (χ0n) is 12.6. The van der Waals surface area contributed by atoms with Crippen LogP contribution in [0.4, 0.5) is 0 Å². The van der Waals surface area contributed by atoms with Gasteiger partial charge in [0.25, 0.3) is 0 Å². The van der Waals surface area contributed by atoms with Crippen molar-refractivity contribution >= 4 is 0 Å². The van der Waals surface area contributed by atoms with Crippen molar-refractivity contribution in [3.63, 3.8) is 0 Å². The van der Waals surface area contributed by atoms with E-state index in [9.17, 15) is 15.3 Å². The SMILES string of the molecule is N.[Hf+3].[O-]c1ccccc1.[O-]c1ccccc1.[O-]c1ccccc1. The van der Waals surface area contributed by atoms with Crippen molar-refractivity contribution in [1.82, 2.24) is 6.15 Å². The van der Waals surface area contributed by atoms with Gasteiger partial charge in [0.05, 0.1) is 0 Å². The van der Waals surface area contributed by atoms with Gasteiger partial charge in [0.1, 0.15) is 0 Å². The number of rotatable bonds is 0. The van der Waals surface area contributed by atoms with Crippen LogP contribution >= 0.6 is 0 Å². The second kappa shape index (κ2) is 14.8. The summed E-state index contributed by atoms with van der Waals surface area (Å²) < 4.78 is 0. The summed E-state index contributed by atoms with van der Waals surface area (Å²) in [7, 11) is 0. The Balaban J connectivity index is 0. The molecule has 4 nitrogen and oxygen atoms in total. The number of benzene rings is 3. The van der Waals surface area contributed by atoms with Crippen molar-refractivity contribution in [3.05, 3.63) is 91.0 Å². The van der Waals surface area contributed by atoms with E-state index in [0.29, 0.717) is 0 Å². The first kappa shape index (κ1) is 23.2. The topological polar surface area (TPSA) is 104 Å². The van der Waals surface area contributed by atoms with Gasteiger partial charge in [-0.25, -0.2) is 0 Å². The summed E-state index contributed by atoms with van der Waals surface area (Å²) in [6.45, 7) is 0. The Hall–Kier alpha value is -2.11. The molecule has 0 saturated heterocycles.